The Hall–Kier alpha value is -1.55. The molecule has 1 aliphatic rings. The van der Waals surface area contributed by atoms with Crippen LogP contribution in [0.15, 0.2) is 30.3 Å². The molecule has 0 heterocycles. The van der Waals surface area contributed by atoms with Crippen LogP contribution in [-0.2, 0) is 11.3 Å². The van der Waals surface area contributed by atoms with Gasteiger partial charge in [0, 0.05) is 0 Å². The highest BCUT2D eigenvalue weighted by Gasteiger charge is 2.31. The minimum absolute atomic E-state index is 0.0204. The third-order valence-corrected chi connectivity index (χ3v) is 4.19. The molecule has 21 heavy (non-hydrogen) atoms. The molecule has 1 aliphatic carbocycles. The predicted molar refractivity (Wildman–Crippen MR) is 81.9 cm³/mol. The first kappa shape index (κ1) is 15.8. The summed E-state index contributed by atoms with van der Waals surface area (Å²) in [5, 5.41) is 12.6. The van der Waals surface area contributed by atoms with Gasteiger partial charge in [0.05, 0.1) is 12.1 Å². The summed E-state index contributed by atoms with van der Waals surface area (Å²) in [7, 11) is 0. The summed E-state index contributed by atoms with van der Waals surface area (Å²) in [5.74, 6) is 0. The summed E-state index contributed by atoms with van der Waals surface area (Å²) in [4.78, 5) is 12.0. The van der Waals surface area contributed by atoms with Crippen molar-refractivity contribution in [3.63, 3.8) is 0 Å². The van der Waals surface area contributed by atoms with Gasteiger partial charge in [0.2, 0.25) is 0 Å². The van der Waals surface area contributed by atoms with Gasteiger partial charge in [0.15, 0.2) is 0 Å². The molecule has 1 saturated carbocycles. The Bertz CT molecular complexity index is 425. The van der Waals surface area contributed by atoms with Crippen LogP contribution in [0.1, 0.15) is 50.5 Å². The molecule has 2 N–H and O–H groups in total. The molecule has 1 amide bonds. The number of ether oxygens (including phenoxy) is 1. The third-order valence-electron chi connectivity index (χ3n) is 4.19. The molecule has 0 bridgehead atoms. The lowest BCUT2D eigenvalue weighted by atomic mass is 9.84. The quantitative estimate of drug-likeness (QED) is 0.894. The molecule has 0 unspecified atom stereocenters. The van der Waals surface area contributed by atoms with Crippen LogP contribution < -0.4 is 5.32 Å². The molecule has 0 atom stereocenters. The van der Waals surface area contributed by atoms with Crippen LogP contribution in [0.2, 0.25) is 0 Å². The summed E-state index contributed by atoms with van der Waals surface area (Å²) >= 11 is 0. The molecule has 1 aromatic rings. The number of benzene rings is 1. The van der Waals surface area contributed by atoms with E-state index in [4.69, 9.17) is 4.74 Å². The highest BCUT2D eigenvalue weighted by molar-refractivity contribution is 5.68. The monoisotopic (exact) mass is 291 g/mol. The van der Waals surface area contributed by atoms with E-state index in [1.807, 2.05) is 30.3 Å². The smallest absolute Gasteiger partial charge is 0.407 e. The maximum absolute atomic E-state index is 12.0. The molecule has 116 valence electrons. The lowest BCUT2D eigenvalue weighted by Gasteiger charge is -2.34. The molecule has 4 heteroatoms. The Balaban J connectivity index is 1.86. The molecular formula is C17H25NO3. The van der Waals surface area contributed by atoms with Gasteiger partial charge >= 0.3 is 6.09 Å². The van der Waals surface area contributed by atoms with Crippen LogP contribution in [0.4, 0.5) is 4.79 Å². The lowest BCUT2D eigenvalue weighted by Crippen LogP contribution is -2.51. The van der Waals surface area contributed by atoms with Crippen LogP contribution >= 0.6 is 0 Å². The molecule has 4 nitrogen and oxygen atoms in total. The third kappa shape index (κ3) is 5.05. The van der Waals surface area contributed by atoms with Crippen LogP contribution in [-0.4, -0.2) is 23.3 Å². The van der Waals surface area contributed by atoms with Crippen molar-refractivity contribution in [3.05, 3.63) is 35.9 Å². The van der Waals surface area contributed by atoms with Crippen molar-refractivity contribution in [1.82, 2.24) is 5.32 Å². The molecule has 0 aliphatic heterocycles. The Morgan fingerprint density at radius 3 is 2.33 bits per heavy atom. The Morgan fingerprint density at radius 2 is 1.71 bits per heavy atom. The second-order valence-electron chi connectivity index (χ2n) is 5.89. The summed E-state index contributed by atoms with van der Waals surface area (Å²) < 4.78 is 5.27. The predicted octanol–water partition coefficient (Wildman–Crippen LogP) is 3.39. The number of carbonyl (C=O) groups excluding carboxylic acids is 1. The van der Waals surface area contributed by atoms with E-state index in [1.54, 1.807) is 0 Å². The minimum atomic E-state index is -0.506. The standard InChI is InChI=1S/C17H25NO3/c19-14-17(11-7-2-1-3-8-12-17)18-16(20)21-13-15-9-5-4-6-10-15/h4-6,9-10,19H,1-3,7-8,11-14H2,(H,18,20). The van der Waals surface area contributed by atoms with Crippen molar-refractivity contribution >= 4 is 6.09 Å². The average Bonchev–Trinajstić information content (AvgIpc) is 2.49. The second kappa shape index (κ2) is 8.03. The van der Waals surface area contributed by atoms with Gasteiger partial charge in [-0.2, -0.15) is 0 Å². The molecule has 0 spiro atoms. The minimum Gasteiger partial charge on any atom is -0.445 e. The molecule has 0 radical (unpaired) electrons. The topological polar surface area (TPSA) is 58.6 Å². The van der Waals surface area contributed by atoms with Gasteiger partial charge < -0.3 is 15.2 Å². The Kier molecular flexibility index (Phi) is 6.05. The van der Waals surface area contributed by atoms with Crippen molar-refractivity contribution in [2.75, 3.05) is 6.61 Å². The van der Waals surface area contributed by atoms with E-state index in [9.17, 15) is 9.90 Å². The largest absolute Gasteiger partial charge is 0.445 e. The maximum Gasteiger partial charge on any atom is 0.407 e. The zero-order valence-corrected chi connectivity index (χ0v) is 12.5. The fraction of sp³-hybridized carbons (Fsp3) is 0.588. The zero-order chi connectivity index (χ0) is 15.0. The number of carbonyl (C=O) groups is 1. The highest BCUT2D eigenvalue weighted by Crippen LogP contribution is 2.26. The Labute approximate surface area is 126 Å². The van der Waals surface area contributed by atoms with E-state index in [0.717, 1.165) is 31.2 Å². The molecule has 0 saturated heterocycles. The number of hydrogen-bond acceptors (Lipinski definition) is 3. The van der Waals surface area contributed by atoms with Gasteiger partial charge in [-0.25, -0.2) is 4.79 Å². The van der Waals surface area contributed by atoms with E-state index >= 15 is 0 Å². The second-order valence-corrected chi connectivity index (χ2v) is 5.89. The SMILES string of the molecule is O=C(NC1(CO)CCCCCCC1)OCc1ccccc1. The van der Waals surface area contributed by atoms with Crippen molar-refractivity contribution < 1.29 is 14.6 Å². The van der Waals surface area contributed by atoms with Crippen LogP contribution in [0, 0.1) is 0 Å². The molecular weight excluding hydrogens is 266 g/mol. The van der Waals surface area contributed by atoms with Crippen molar-refractivity contribution in [2.45, 2.75) is 57.1 Å². The van der Waals surface area contributed by atoms with E-state index < -0.39 is 11.6 Å². The molecule has 0 aromatic heterocycles. The number of nitrogens with one attached hydrogen (secondary N) is 1. The fourth-order valence-corrected chi connectivity index (χ4v) is 2.88. The summed E-state index contributed by atoms with van der Waals surface area (Å²) in [5.41, 5.74) is 0.456. The number of alkyl carbamates (subject to hydrolysis) is 1. The van der Waals surface area contributed by atoms with Gasteiger partial charge in [-0.3, -0.25) is 0 Å². The molecule has 2 rings (SSSR count). The van der Waals surface area contributed by atoms with Crippen LogP contribution in [0.25, 0.3) is 0 Å². The van der Waals surface area contributed by atoms with Gasteiger partial charge in [-0.05, 0) is 18.4 Å². The first-order valence-corrected chi connectivity index (χ1v) is 7.84. The zero-order valence-electron chi connectivity index (χ0n) is 12.5. The number of amides is 1. The average molecular weight is 291 g/mol. The van der Waals surface area contributed by atoms with Crippen molar-refractivity contribution in [2.24, 2.45) is 0 Å². The number of hydrogen-bond donors (Lipinski definition) is 2. The van der Waals surface area contributed by atoms with Crippen LogP contribution in [0.3, 0.4) is 0 Å². The summed E-state index contributed by atoms with van der Waals surface area (Å²) in [6.45, 7) is 0.238. The number of aliphatic hydroxyl groups is 1. The van der Waals surface area contributed by atoms with Crippen LogP contribution in [0.5, 0.6) is 0 Å². The Morgan fingerprint density at radius 1 is 1.10 bits per heavy atom. The van der Waals surface area contributed by atoms with Gasteiger partial charge in [-0.1, -0.05) is 62.4 Å². The van der Waals surface area contributed by atoms with Crippen molar-refractivity contribution in [3.8, 4) is 0 Å². The van der Waals surface area contributed by atoms with E-state index in [-0.39, 0.29) is 13.2 Å². The van der Waals surface area contributed by atoms with E-state index in [1.165, 1.54) is 19.3 Å². The molecule has 1 aromatic carbocycles. The first-order valence-electron chi connectivity index (χ1n) is 7.84. The van der Waals surface area contributed by atoms with Gasteiger partial charge in [0.25, 0.3) is 0 Å². The molecule has 1 fully saturated rings. The summed E-state index contributed by atoms with van der Waals surface area (Å²) in [6.07, 6.45) is 6.88. The van der Waals surface area contributed by atoms with Gasteiger partial charge in [0.1, 0.15) is 6.61 Å². The maximum atomic E-state index is 12.0. The number of aliphatic hydroxyl groups excluding tert-OH is 1. The normalized spacial score (nSPS) is 18.3. The lowest BCUT2D eigenvalue weighted by molar-refractivity contribution is 0.0940. The van der Waals surface area contributed by atoms with E-state index in [0.29, 0.717) is 0 Å². The highest BCUT2D eigenvalue weighted by atomic mass is 16.5. The summed E-state index contributed by atoms with van der Waals surface area (Å²) in [6, 6.07) is 9.61. The van der Waals surface area contributed by atoms with Crippen molar-refractivity contribution in [1.29, 1.82) is 0 Å². The van der Waals surface area contributed by atoms with Gasteiger partial charge in [-0.15, -0.1) is 0 Å². The number of rotatable bonds is 4. The van der Waals surface area contributed by atoms with E-state index in [2.05, 4.69) is 5.32 Å². The first-order chi connectivity index (χ1) is 10.2. The fourth-order valence-electron chi connectivity index (χ4n) is 2.88.